The molecule has 214 valence electrons. The molecule has 7 nitrogen and oxygen atoms in total. The topological polar surface area (TPSA) is 82.1 Å². The third kappa shape index (κ3) is 7.15. The van der Waals surface area contributed by atoms with Crippen LogP contribution in [0, 0.1) is 24.6 Å². The van der Waals surface area contributed by atoms with Crippen LogP contribution in [-0.2, 0) is 20.8 Å². The van der Waals surface area contributed by atoms with Crippen molar-refractivity contribution in [1.82, 2.24) is 15.1 Å². The van der Waals surface area contributed by atoms with Gasteiger partial charge in [-0.3, -0.25) is 19.5 Å². The molecule has 1 saturated heterocycles. The number of aryl methyl sites for hydroxylation is 2. The molecule has 3 rings (SSSR count). The van der Waals surface area contributed by atoms with E-state index >= 15 is 0 Å². The molecule has 0 radical (unpaired) electrons. The highest BCUT2D eigenvalue weighted by Gasteiger charge is 2.45. The van der Waals surface area contributed by atoms with Crippen molar-refractivity contribution in [3.8, 4) is 0 Å². The number of Topliss-reactive ketones (excluding diaryl/α,β-unsaturated/α-hetero) is 1. The molecular formula is C29H39F3N4O3. The molecule has 2 aliphatic rings. The number of nitrogens with one attached hydrogen (secondary N) is 1. The van der Waals surface area contributed by atoms with E-state index in [1.54, 1.807) is 25.1 Å². The number of aliphatic imine (C=N–C) groups is 1. The van der Waals surface area contributed by atoms with Gasteiger partial charge in [-0.25, -0.2) is 13.2 Å². The Balaban J connectivity index is 1.94. The first-order chi connectivity index (χ1) is 18.4. The van der Waals surface area contributed by atoms with Crippen molar-refractivity contribution in [2.45, 2.75) is 57.9 Å². The molecule has 1 aromatic rings. The fourth-order valence-corrected chi connectivity index (χ4v) is 5.72. The number of aldehydes is 1. The van der Waals surface area contributed by atoms with Crippen LogP contribution in [0.25, 0.3) is 0 Å². The summed E-state index contributed by atoms with van der Waals surface area (Å²) >= 11 is 0. The van der Waals surface area contributed by atoms with E-state index in [0.717, 1.165) is 17.5 Å². The van der Waals surface area contributed by atoms with Gasteiger partial charge in [0.25, 0.3) is 5.92 Å². The fourth-order valence-electron chi connectivity index (χ4n) is 5.72. The second-order valence-corrected chi connectivity index (χ2v) is 10.8. The van der Waals surface area contributed by atoms with Crippen LogP contribution >= 0.6 is 0 Å². The van der Waals surface area contributed by atoms with Crippen LogP contribution in [0.4, 0.5) is 13.2 Å². The van der Waals surface area contributed by atoms with E-state index in [0.29, 0.717) is 43.2 Å². The van der Waals surface area contributed by atoms with E-state index in [2.05, 4.69) is 10.3 Å². The van der Waals surface area contributed by atoms with Gasteiger partial charge in [0, 0.05) is 37.8 Å². The van der Waals surface area contributed by atoms with Gasteiger partial charge in [-0.2, -0.15) is 0 Å². The summed E-state index contributed by atoms with van der Waals surface area (Å²) in [5.74, 6) is -6.52. The summed E-state index contributed by atoms with van der Waals surface area (Å²) in [6.07, 6.45) is 3.65. The number of fused-ring (bicyclic) bond motifs is 1. The highest BCUT2D eigenvalue weighted by Crippen LogP contribution is 2.38. The van der Waals surface area contributed by atoms with Gasteiger partial charge in [-0.1, -0.05) is 13.0 Å². The predicted octanol–water partition coefficient (Wildman–Crippen LogP) is 3.59. The molecule has 0 aromatic heterocycles. The largest absolute Gasteiger partial charge is 0.370 e. The van der Waals surface area contributed by atoms with Crippen LogP contribution in [-0.4, -0.2) is 86.2 Å². The molecule has 1 heterocycles. The number of halogens is 3. The maximum absolute atomic E-state index is 14.6. The molecule has 1 aliphatic carbocycles. The van der Waals surface area contributed by atoms with E-state index < -0.39 is 42.5 Å². The SMILES string of the molecule is CNC(=O)C(C(=O)C(=NCCCCc1ccc(F)cc1C)C1=C2C(CC1)N(C)CC(F)(F)CN2C)C(C)C=O. The number of amides is 1. The predicted molar refractivity (Wildman–Crippen MR) is 144 cm³/mol. The van der Waals surface area contributed by atoms with Crippen LogP contribution in [0.5, 0.6) is 0 Å². The highest BCUT2D eigenvalue weighted by atomic mass is 19.3. The Morgan fingerprint density at radius 3 is 2.59 bits per heavy atom. The number of hydrogen-bond donors (Lipinski definition) is 1. The summed E-state index contributed by atoms with van der Waals surface area (Å²) < 4.78 is 42.5. The summed E-state index contributed by atoms with van der Waals surface area (Å²) in [6.45, 7) is 2.76. The first-order valence-electron chi connectivity index (χ1n) is 13.4. The molecule has 0 spiro atoms. The van der Waals surface area contributed by atoms with Crippen molar-refractivity contribution >= 4 is 23.7 Å². The molecule has 1 N–H and O–H groups in total. The Bertz CT molecular complexity index is 1150. The molecule has 0 saturated carbocycles. The monoisotopic (exact) mass is 548 g/mol. The second-order valence-electron chi connectivity index (χ2n) is 10.8. The van der Waals surface area contributed by atoms with Crippen LogP contribution in [0.2, 0.25) is 0 Å². The third-order valence-electron chi connectivity index (χ3n) is 7.68. The van der Waals surface area contributed by atoms with Crippen LogP contribution < -0.4 is 5.32 Å². The van der Waals surface area contributed by atoms with Gasteiger partial charge in [-0.15, -0.1) is 0 Å². The van der Waals surface area contributed by atoms with Crippen LogP contribution in [0.15, 0.2) is 34.5 Å². The maximum atomic E-state index is 14.6. The van der Waals surface area contributed by atoms with Crippen molar-refractivity contribution in [2.75, 3.05) is 40.8 Å². The van der Waals surface area contributed by atoms with Crippen LogP contribution in [0.3, 0.4) is 0 Å². The minimum atomic E-state index is -2.93. The van der Waals surface area contributed by atoms with Gasteiger partial charge >= 0.3 is 0 Å². The minimum Gasteiger partial charge on any atom is -0.370 e. The third-order valence-corrected chi connectivity index (χ3v) is 7.68. The van der Waals surface area contributed by atoms with E-state index in [1.807, 2.05) is 6.92 Å². The average Bonchev–Trinajstić information content (AvgIpc) is 3.28. The summed E-state index contributed by atoms with van der Waals surface area (Å²) in [5.41, 5.74) is 3.19. The Labute approximate surface area is 228 Å². The maximum Gasteiger partial charge on any atom is 0.277 e. The van der Waals surface area contributed by atoms with Crippen molar-refractivity contribution in [3.63, 3.8) is 0 Å². The molecule has 1 aliphatic heterocycles. The first kappa shape index (κ1) is 30.5. The number of hydrogen-bond acceptors (Lipinski definition) is 6. The molecule has 1 amide bonds. The number of benzene rings is 1. The van der Waals surface area contributed by atoms with E-state index in [1.165, 1.54) is 31.0 Å². The summed E-state index contributed by atoms with van der Waals surface area (Å²) in [7, 11) is 4.65. The summed E-state index contributed by atoms with van der Waals surface area (Å²) in [5, 5.41) is 2.47. The Morgan fingerprint density at radius 1 is 1.23 bits per heavy atom. The van der Waals surface area contributed by atoms with Gasteiger partial charge < -0.3 is 15.0 Å². The van der Waals surface area contributed by atoms with Crippen LogP contribution in [0.1, 0.15) is 43.7 Å². The Kier molecular flexibility index (Phi) is 10.1. The molecule has 3 atom stereocenters. The average molecular weight is 549 g/mol. The number of allylic oxidation sites excluding steroid dienone is 1. The molecule has 1 fully saturated rings. The summed E-state index contributed by atoms with van der Waals surface area (Å²) in [6, 6.07) is 4.38. The lowest BCUT2D eigenvalue weighted by Crippen LogP contribution is -2.42. The van der Waals surface area contributed by atoms with Crippen molar-refractivity contribution < 1.29 is 27.6 Å². The Morgan fingerprint density at radius 2 is 1.95 bits per heavy atom. The fraction of sp³-hybridized carbons (Fsp3) is 0.586. The van der Waals surface area contributed by atoms with E-state index in [4.69, 9.17) is 0 Å². The lowest BCUT2D eigenvalue weighted by atomic mass is 9.85. The second kappa shape index (κ2) is 12.9. The van der Waals surface area contributed by atoms with Gasteiger partial charge in [0.05, 0.1) is 19.1 Å². The quantitative estimate of drug-likeness (QED) is 0.198. The first-order valence-corrected chi connectivity index (χ1v) is 13.4. The van der Waals surface area contributed by atoms with Gasteiger partial charge in [-0.05, 0) is 69.3 Å². The lowest BCUT2D eigenvalue weighted by Gasteiger charge is -2.28. The normalized spacial score (nSPS) is 21.3. The molecule has 10 heteroatoms. The van der Waals surface area contributed by atoms with Gasteiger partial charge in [0.15, 0.2) is 5.78 Å². The number of alkyl halides is 2. The number of unbranched alkanes of at least 4 members (excludes halogenated alkanes) is 1. The zero-order chi connectivity index (χ0) is 28.9. The van der Waals surface area contributed by atoms with E-state index in [-0.39, 0.29) is 24.1 Å². The molecule has 0 bridgehead atoms. The zero-order valence-corrected chi connectivity index (χ0v) is 23.4. The summed E-state index contributed by atoms with van der Waals surface area (Å²) in [4.78, 5) is 46.0. The molecule has 1 aromatic carbocycles. The number of carbonyl (C=O) groups is 3. The number of nitrogens with zero attached hydrogens (tertiary/aromatic N) is 3. The van der Waals surface area contributed by atoms with Crippen molar-refractivity contribution in [2.24, 2.45) is 16.8 Å². The van der Waals surface area contributed by atoms with Crippen molar-refractivity contribution in [1.29, 1.82) is 0 Å². The Hall–Kier alpha value is -3.01. The van der Waals surface area contributed by atoms with Crippen molar-refractivity contribution in [3.05, 3.63) is 46.4 Å². The lowest BCUT2D eigenvalue weighted by molar-refractivity contribution is -0.135. The van der Waals surface area contributed by atoms with Gasteiger partial charge in [0.1, 0.15) is 23.7 Å². The molecule has 39 heavy (non-hydrogen) atoms. The number of rotatable bonds is 11. The number of carbonyl (C=O) groups excluding carboxylic acids is 3. The van der Waals surface area contributed by atoms with Gasteiger partial charge in [0.2, 0.25) is 5.91 Å². The standard InChI is InChI=1S/C29H39F3N4O3/c1-18-14-21(30)10-9-20(18)8-6-7-13-34-25(27(38)24(19(2)15-37)28(39)33-3)22-11-12-23-26(22)36(5)17-29(31,32)16-35(23)4/h9-10,14-15,19,23-24H,6-8,11-13,16-17H2,1-5H3,(H,33,39). The van der Waals surface area contributed by atoms with E-state index in [9.17, 15) is 27.6 Å². The molecule has 3 unspecified atom stereocenters. The highest BCUT2D eigenvalue weighted by molar-refractivity contribution is 6.49. The number of ketones is 1. The zero-order valence-electron chi connectivity index (χ0n) is 23.4. The minimum absolute atomic E-state index is 0.0956. The smallest absolute Gasteiger partial charge is 0.277 e. The number of likely N-dealkylation sites (N-methyl/N-ethyl adjacent to an activating group) is 2. The molecular weight excluding hydrogens is 509 g/mol.